The Labute approximate surface area is 524 Å². The molecule has 2 aliphatic carbocycles. The van der Waals surface area contributed by atoms with E-state index in [1.165, 1.54) is 0 Å². The first kappa shape index (κ1) is 78.2. The van der Waals surface area contributed by atoms with Gasteiger partial charge in [-0.2, -0.15) is 0 Å². The van der Waals surface area contributed by atoms with E-state index in [0.717, 1.165) is 6.61 Å². The van der Waals surface area contributed by atoms with Crippen LogP contribution in [0.1, 0.15) is 108 Å². The summed E-state index contributed by atoms with van der Waals surface area (Å²) >= 11 is 0. The number of aliphatic hydroxyl groups is 15. The first-order valence-electron chi connectivity index (χ1n) is 31.1. The highest BCUT2D eigenvalue weighted by Gasteiger charge is 2.54. The van der Waals surface area contributed by atoms with E-state index in [-0.39, 0.29) is 37.0 Å². The Morgan fingerprint density at radius 3 is 1.30 bits per heavy atom. The van der Waals surface area contributed by atoms with Gasteiger partial charge >= 0.3 is 12.2 Å². The maximum atomic E-state index is 12.0. The molecule has 2 amide bonds. The summed E-state index contributed by atoms with van der Waals surface area (Å²) in [6.45, 7) is 17.7. The molecule has 7 aliphatic rings. The Bertz CT molecular complexity index is 2080. The van der Waals surface area contributed by atoms with Gasteiger partial charge in [-0.25, -0.2) is 9.59 Å². The molecule has 0 radical (unpaired) electrons. The predicted octanol–water partition coefficient (Wildman–Crippen LogP) is -6.20. The second kappa shape index (κ2) is 34.4. The fraction of sp³-hybridized carbons (Fsp3) is 0.965. The largest absolute Gasteiger partial charge is 0.444 e. The van der Waals surface area contributed by atoms with E-state index < -0.39 is 208 Å². The van der Waals surface area contributed by atoms with E-state index in [9.17, 15) is 86.2 Å². The Morgan fingerprint density at radius 1 is 0.511 bits per heavy atom. The van der Waals surface area contributed by atoms with Gasteiger partial charge in [0.05, 0.1) is 74.6 Å². The van der Waals surface area contributed by atoms with Crippen molar-refractivity contribution in [3.05, 3.63) is 0 Å². The normalized spacial score (nSPS) is 44.3. The molecular weight excluding hydrogens is 1200 g/mol. The Kier molecular flexibility index (Phi) is 29.9. The molecule has 2 saturated carbocycles. The number of carbonyl (C=O) groups excluding carboxylic acids is 2. The lowest BCUT2D eigenvalue weighted by Gasteiger charge is -2.49. The highest BCUT2D eigenvalue weighted by Crippen LogP contribution is 2.41. The molecule has 528 valence electrons. The monoisotopic (exact) mass is 1310 g/mol. The number of aliphatic hydroxyl groups excluding tert-OH is 15. The summed E-state index contributed by atoms with van der Waals surface area (Å²) < 4.78 is 61.3. The molecule has 33 nitrogen and oxygen atoms in total. The zero-order valence-corrected chi connectivity index (χ0v) is 53.0. The van der Waals surface area contributed by atoms with E-state index in [1.807, 2.05) is 20.8 Å². The molecule has 90 heavy (non-hydrogen) atoms. The number of hydrogen-bond acceptors (Lipinski definition) is 31. The average molecular weight is 1310 g/mol. The van der Waals surface area contributed by atoms with Crippen molar-refractivity contribution in [2.24, 2.45) is 35.0 Å². The Balaban J connectivity index is 0.000000284. The van der Waals surface area contributed by atoms with Gasteiger partial charge in [0.1, 0.15) is 103 Å². The van der Waals surface area contributed by atoms with Crippen LogP contribution < -0.4 is 27.8 Å². The van der Waals surface area contributed by atoms with Crippen molar-refractivity contribution >= 4 is 12.2 Å². The molecule has 0 bridgehead atoms. The minimum Gasteiger partial charge on any atom is -0.444 e. The third kappa shape index (κ3) is 21.2. The fourth-order valence-electron chi connectivity index (χ4n) is 11.6. The second-order valence-corrected chi connectivity index (χ2v) is 26.6. The van der Waals surface area contributed by atoms with Crippen molar-refractivity contribution in [1.29, 1.82) is 0 Å². The number of alkyl carbamates (subject to hydrolysis) is 2. The molecule has 0 aromatic rings. The van der Waals surface area contributed by atoms with Crippen LogP contribution in [0.15, 0.2) is 0 Å². The lowest BCUT2D eigenvalue weighted by molar-refractivity contribution is -0.340. The molecule has 4 unspecified atom stereocenters. The van der Waals surface area contributed by atoms with E-state index in [1.54, 1.807) is 48.5 Å². The lowest BCUT2D eigenvalue weighted by atomic mass is 9.74. The van der Waals surface area contributed by atoms with Crippen molar-refractivity contribution in [1.82, 2.24) is 10.6 Å². The first-order valence-corrected chi connectivity index (χ1v) is 31.1. The third-order valence-corrected chi connectivity index (χ3v) is 16.9. The van der Waals surface area contributed by atoms with Crippen molar-refractivity contribution in [3.63, 3.8) is 0 Å². The van der Waals surface area contributed by atoms with Crippen molar-refractivity contribution in [2.45, 2.75) is 297 Å². The van der Waals surface area contributed by atoms with E-state index in [0.29, 0.717) is 38.6 Å². The van der Waals surface area contributed by atoms with Crippen LogP contribution >= 0.6 is 0 Å². The molecule has 33 heteroatoms. The number of nitrogens with one attached hydrogen (secondary N) is 2. The number of carbonyl (C=O) groups is 2. The van der Waals surface area contributed by atoms with Gasteiger partial charge in [-0.3, -0.25) is 0 Å². The highest BCUT2D eigenvalue weighted by molar-refractivity contribution is 5.68. The average Bonchev–Trinajstić information content (AvgIpc) is 1.02. The molecule has 23 N–H and O–H groups in total. The van der Waals surface area contributed by atoms with E-state index >= 15 is 0 Å². The van der Waals surface area contributed by atoms with Crippen molar-refractivity contribution < 1.29 is 138 Å². The fourth-order valence-corrected chi connectivity index (χ4v) is 11.6. The van der Waals surface area contributed by atoms with Gasteiger partial charge in [0.2, 0.25) is 0 Å². The van der Waals surface area contributed by atoms with Gasteiger partial charge in [-0.05, 0) is 97.8 Å². The van der Waals surface area contributed by atoms with Gasteiger partial charge in [-0.1, -0.05) is 27.7 Å². The SMILES string of the molecule is CC(C)(C)OC(=O)NCC1CO1.CC[C@H]1O[C@H](OC2[C@@H](C)C[C@@H](CCC(O)CNC(=O)OC(C)(C)C)[C@H](O[C@H]3O[C@H](CO)[C@@H](O)[C@H](N)[C@H]3O)[C@H]2O)[C@H](O)[C@@H](O)[C@@H]1O.CC[C@H]1O[C@H](OC2[C@@H](C)C[C@@H](N)[C@H](O[C@H]3O[C@H](CO)[C@@H](O)[C@H](N)[C@H]3O)[C@H]2O)[C@H](O)[C@@H](O)[C@@H]1O. The van der Waals surface area contributed by atoms with E-state index in [4.69, 9.17) is 69.3 Å². The summed E-state index contributed by atoms with van der Waals surface area (Å²) in [5.74, 6) is -1.13. The summed E-state index contributed by atoms with van der Waals surface area (Å²) in [5, 5.41) is 161. The smallest absolute Gasteiger partial charge is 0.407 e. The number of epoxide rings is 1. The molecule has 7 rings (SSSR count). The van der Waals surface area contributed by atoms with Gasteiger partial charge in [0.25, 0.3) is 0 Å². The molecule has 7 fully saturated rings. The number of nitrogens with two attached hydrogens (primary N) is 3. The quantitative estimate of drug-likeness (QED) is 0.0535. The maximum absolute atomic E-state index is 12.0. The topological polar surface area (TPSA) is 545 Å². The van der Waals surface area contributed by atoms with Gasteiger partial charge in [0, 0.05) is 19.1 Å². The zero-order valence-electron chi connectivity index (χ0n) is 53.0. The summed E-state index contributed by atoms with van der Waals surface area (Å²) in [5.41, 5.74) is 16.8. The van der Waals surface area contributed by atoms with Crippen LogP contribution in [0.4, 0.5) is 9.59 Å². The second-order valence-electron chi connectivity index (χ2n) is 26.6. The molecule has 5 heterocycles. The zero-order chi connectivity index (χ0) is 67.6. The van der Waals surface area contributed by atoms with Crippen LogP contribution in [0.3, 0.4) is 0 Å². The predicted molar refractivity (Wildman–Crippen MR) is 309 cm³/mol. The number of hydrogen-bond donors (Lipinski definition) is 20. The molecule has 0 spiro atoms. The lowest BCUT2D eigenvalue weighted by Crippen LogP contribution is -2.66. The maximum Gasteiger partial charge on any atom is 0.407 e. The standard InChI is InChI=1S/C29H54N2O14.C20H38N2O11.C8H15NO3/c1-6-15-19(35)21(37)22(38)27(41-15)43-24-12(2)9-13(7-8-14(33)10-31-28(40)45-29(3,4)5)25(23(24)39)44-26-20(36)17(30)18(34)16(11-32)42-26;1-3-8-12(25)14(27)15(28)20(30-8)32-17-6(2)4-7(21)18(16(17)29)33-19-13(26)10(22)11(24)9(5-23)31-19;1-8(2,3)12-7(10)9-4-6-5-11-6/h12-27,32-39H,6-11,30H2,1-5H3,(H,31,40);6-20,23-29H,3-5,21-22H2,1-2H3;6H,4-5H2,1-3H3,(H,9,10)/t12-,13+,14?,15+,16+,17-,18+,19+,20+,21-,22+,23-,24?,25-,26+,27+;6-,7+,8+,9+,10-,11+,12+,13+,14-,15+,16-,17?,18-,19+,20+;/m00./s1. The summed E-state index contributed by atoms with van der Waals surface area (Å²) in [7, 11) is 0. The highest BCUT2D eigenvalue weighted by atomic mass is 16.7. The third-order valence-electron chi connectivity index (χ3n) is 16.9. The van der Waals surface area contributed by atoms with Crippen LogP contribution in [0, 0.1) is 17.8 Å². The first-order chi connectivity index (χ1) is 42.0. The molecule has 5 aliphatic heterocycles. The minimum atomic E-state index is -1.61. The van der Waals surface area contributed by atoms with Crippen molar-refractivity contribution in [2.75, 3.05) is 32.9 Å². The van der Waals surface area contributed by atoms with Crippen LogP contribution in [-0.2, 0) is 52.1 Å². The van der Waals surface area contributed by atoms with Crippen LogP contribution in [0.25, 0.3) is 0 Å². The Hall–Kier alpha value is -2.54. The summed E-state index contributed by atoms with van der Waals surface area (Å²) in [6.07, 6.45) is -30.7. The van der Waals surface area contributed by atoms with E-state index in [2.05, 4.69) is 10.6 Å². The van der Waals surface area contributed by atoms with Gasteiger partial charge < -0.3 is 157 Å². The van der Waals surface area contributed by atoms with Crippen molar-refractivity contribution in [3.8, 4) is 0 Å². The summed E-state index contributed by atoms with van der Waals surface area (Å²) in [4.78, 5) is 23.0. The van der Waals surface area contributed by atoms with Crippen LogP contribution in [-0.4, -0.2) is 310 Å². The molecule has 5 saturated heterocycles. The summed E-state index contributed by atoms with van der Waals surface area (Å²) in [6, 6.07) is -3.07. The van der Waals surface area contributed by atoms with Gasteiger partial charge in [-0.15, -0.1) is 0 Å². The van der Waals surface area contributed by atoms with Crippen LogP contribution in [0.5, 0.6) is 0 Å². The number of amides is 2. The van der Waals surface area contributed by atoms with Gasteiger partial charge in [0.15, 0.2) is 25.2 Å². The molecule has 0 aromatic heterocycles. The molecule has 32 atom stereocenters. The minimum absolute atomic E-state index is 0.0872. The number of rotatable bonds is 19. The molecular formula is C57H107N5O28. The number of ether oxygens (including phenoxy) is 11. The Morgan fingerprint density at radius 2 is 0.889 bits per heavy atom. The van der Waals surface area contributed by atoms with Crippen LogP contribution in [0.2, 0.25) is 0 Å². The molecule has 0 aromatic carbocycles.